The Kier molecular flexibility index (Phi) is 9.10. The highest BCUT2D eigenvalue weighted by molar-refractivity contribution is 7.98. The number of nitrogens with one attached hydrogen (secondary N) is 1. The Labute approximate surface area is 88.1 Å². The van der Waals surface area contributed by atoms with Crippen molar-refractivity contribution in [2.45, 2.75) is 46.1 Å². The van der Waals surface area contributed by atoms with Crippen LogP contribution in [0.3, 0.4) is 0 Å². The van der Waals surface area contributed by atoms with Crippen molar-refractivity contribution in [1.82, 2.24) is 5.32 Å². The first kappa shape index (κ1) is 13.3. The summed E-state index contributed by atoms with van der Waals surface area (Å²) in [5.74, 6) is 2.08. The first-order valence-electron chi connectivity index (χ1n) is 5.43. The Morgan fingerprint density at radius 3 is 2.54 bits per heavy atom. The molecule has 2 atom stereocenters. The quantitative estimate of drug-likeness (QED) is 0.650. The predicted octanol–water partition coefficient (Wildman–Crippen LogP) is 3.15. The van der Waals surface area contributed by atoms with Gasteiger partial charge in [-0.25, -0.2) is 0 Å². The molecule has 0 aliphatic carbocycles. The summed E-state index contributed by atoms with van der Waals surface area (Å²) in [7, 11) is 0. The fraction of sp³-hybridized carbons (Fsp3) is 1.00. The lowest BCUT2D eigenvalue weighted by molar-refractivity contribution is 0.456. The van der Waals surface area contributed by atoms with Gasteiger partial charge in [0.25, 0.3) is 0 Å². The minimum atomic E-state index is 0.698. The zero-order valence-electron chi connectivity index (χ0n) is 9.60. The molecule has 1 N–H and O–H groups in total. The molecule has 0 radical (unpaired) electrons. The molecule has 2 heteroatoms. The van der Waals surface area contributed by atoms with Gasteiger partial charge in [-0.05, 0) is 37.8 Å². The van der Waals surface area contributed by atoms with Crippen molar-refractivity contribution in [2.75, 3.05) is 18.6 Å². The van der Waals surface area contributed by atoms with Crippen LogP contribution in [0.15, 0.2) is 0 Å². The minimum Gasteiger partial charge on any atom is -0.314 e. The Hall–Kier alpha value is 0.310. The van der Waals surface area contributed by atoms with E-state index < -0.39 is 0 Å². The highest BCUT2D eigenvalue weighted by Crippen LogP contribution is 2.04. The second kappa shape index (κ2) is 8.89. The van der Waals surface area contributed by atoms with Crippen LogP contribution < -0.4 is 5.32 Å². The molecule has 0 heterocycles. The monoisotopic (exact) mass is 203 g/mol. The second-order valence-electron chi connectivity index (χ2n) is 4.01. The first-order chi connectivity index (χ1) is 6.20. The zero-order chi connectivity index (χ0) is 10.1. The van der Waals surface area contributed by atoms with Crippen LogP contribution in [0.25, 0.3) is 0 Å². The minimum absolute atomic E-state index is 0.698. The third-order valence-corrected chi connectivity index (χ3v) is 3.16. The summed E-state index contributed by atoms with van der Waals surface area (Å²) in [6.07, 6.45) is 6.16. The highest BCUT2D eigenvalue weighted by atomic mass is 32.2. The summed E-state index contributed by atoms with van der Waals surface area (Å²) in [6, 6.07) is 0.698. The van der Waals surface area contributed by atoms with E-state index in [-0.39, 0.29) is 0 Å². The number of unbranched alkanes of at least 4 members (excludes halogenated alkanes) is 1. The number of rotatable bonds is 8. The zero-order valence-corrected chi connectivity index (χ0v) is 10.4. The van der Waals surface area contributed by atoms with Crippen LogP contribution in [-0.2, 0) is 0 Å². The van der Waals surface area contributed by atoms with Gasteiger partial charge in [-0.3, -0.25) is 0 Å². The molecular weight excluding hydrogens is 178 g/mol. The summed E-state index contributed by atoms with van der Waals surface area (Å²) >= 11 is 1.94. The van der Waals surface area contributed by atoms with Gasteiger partial charge in [-0.1, -0.05) is 26.7 Å². The largest absolute Gasteiger partial charge is 0.314 e. The van der Waals surface area contributed by atoms with Crippen LogP contribution in [0, 0.1) is 5.92 Å². The molecule has 0 bridgehead atoms. The molecule has 2 unspecified atom stereocenters. The van der Waals surface area contributed by atoms with Crippen molar-refractivity contribution in [3.8, 4) is 0 Å². The van der Waals surface area contributed by atoms with E-state index in [1.165, 1.54) is 31.6 Å². The molecule has 0 saturated heterocycles. The molecule has 0 aliphatic rings. The summed E-state index contributed by atoms with van der Waals surface area (Å²) in [5, 5.41) is 3.59. The molecule has 1 nitrogen and oxygen atoms in total. The molecule has 0 aromatic carbocycles. The molecule has 0 aromatic heterocycles. The fourth-order valence-corrected chi connectivity index (χ4v) is 2.05. The van der Waals surface area contributed by atoms with Gasteiger partial charge >= 0.3 is 0 Å². The number of thioether (sulfide) groups is 1. The van der Waals surface area contributed by atoms with Gasteiger partial charge in [-0.15, -0.1) is 0 Å². The molecule has 80 valence electrons. The molecule has 0 aromatic rings. The number of hydrogen-bond donors (Lipinski definition) is 1. The summed E-state index contributed by atoms with van der Waals surface area (Å²) < 4.78 is 0. The second-order valence-corrected chi connectivity index (χ2v) is 4.92. The average molecular weight is 203 g/mol. The average Bonchev–Trinajstić information content (AvgIpc) is 2.12. The van der Waals surface area contributed by atoms with E-state index in [2.05, 4.69) is 32.3 Å². The van der Waals surface area contributed by atoms with E-state index in [9.17, 15) is 0 Å². The van der Waals surface area contributed by atoms with E-state index in [1.54, 1.807) is 0 Å². The molecule has 0 aliphatic heterocycles. The molecular formula is C11H25NS. The molecule has 0 fully saturated rings. The number of hydrogen-bond acceptors (Lipinski definition) is 2. The van der Waals surface area contributed by atoms with Crippen molar-refractivity contribution in [3.63, 3.8) is 0 Å². The van der Waals surface area contributed by atoms with Crippen molar-refractivity contribution in [1.29, 1.82) is 0 Å². The Balaban J connectivity index is 3.29. The molecule has 0 amide bonds. The topological polar surface area (TPSA) is 12.0 Å². The summed E-state index contributed by atoms with van der Waals surface area (Å²) in [5.41, 5.74) is 0. The van der Waals surface area contributed by atoms with E-state index in [0.717, 1.165) is 5.92 Å². The van der Waals surface area contributed by atoms with Crippen molar-refractivity contribution in [2.24, 2.45) is 5.92 Å². The van der Waals surface area contributed by atoms with Crippen molar-refractivity contribution >= 4 is 11.8 Å². The maximum Gasteiger partial charge on any atom is 0.00388 e. The summed E-state index contributed by atoms with van der Waals surface area (Å²) in [4.78, 5) is 0. The predicted molar refractivity (Wildman–Crippen MR) is 64.5 cm³/mol. The Morgan fingerprint density at radius 1 is 1.31 bits per heavy atom. The van der Waals surface area contributed by atoms with Gasteiger partial charge in [-0.2, -0.15) is 11.8 Å². The van der Waals surface area contributed by atoms with E-state index >= 15 is 0 Å². The third kappa shape index (κ3) is 8.63. The van der Waals surface area contributed by atoms with E-state index in [0.29, 0.717) is 6.04 Å². The van der Waals surface area contributed by atoms with E-state index in [4.69, 9.17) is 0 Å². The normalized spacial score (nSPS) is 15.7. The van der Waals surface area contributed by atoms with Gasteiger partial charge in [0.1, 0.15) is 0 Å². The lowest BCUT2D eigenvalue weighted by Gasteiger charge is -2.16. The molecule has 0 saturated carbocycles. The SMILES string of the molecule is CCCCC(C)NCC(C)CSC. The van der Waals surface area contributed by atoms with Crippen LogP contribution in [0.1, 0.15) is 40.0 Å². The smallest absolute Gasteiger partial charge is 0.00388 e. The van der Waals surface area contributed by atoms with Gasteiger partial charge in [0.05, 0.1) is 0 Å². The third-order valence-electron chi connectivity index (χ3n) is 2.26. The summed E-state index contributed by atoms with van der Waals surface area (Å²) in [6.45, 7) is 8.03. The lowest BCUT2D eigenvalue weighted by atomic mass is 10.1. The van der Waals surface area contributed by atoms with Gasteiger partial charge in [0.2, 0.25) is 0 Å². The van der Waals surface area contributed by atoms with Gasteiger partial charge in [0.15, 0.2) is 0 Å². The maximum absolute atomic E-state index is 3.59. The molecule has 13 heavy (non-hydrogen) atoms. The van der Waals surface area contributed by atoms with Gasteiger partial charge in [0, 0.05) is 6.04 Å². The lowest BCUT2D eigenvalue weighted by Crippen LogP contribution is -2.30. The maximum atomic E-state index is 3.59. The van der Waals surface area contributed by atoms with Crippen molar-refractivity contribution in [3.05, 3.63) is 0 Å². The fourth-order valence-electron chi connectivity index (χ4n) is 1.36. The van der Waals surface area contributed by atoms with Crippen LogP contribution in [0.2, 0.25) is 0 Å². The van der Waals surface area contributed by atoms with Crippen LogP contribution >= 0.6 is 11.8 Å². The molecule has 0 rings (SSSR count). The van der Waals surface area contributed by atoms with Crippen molar-refractivity contribution < 1.29 is 0 Å². The van der Waals surface area contributed by atoms with Crippen LogP contribution in [0.5, 0.6) is 0 Å². The molecule has 0 spiro atoms. The van der Waals surface area contributed by atoms with Gasteiger partial charge < -0.3 is 5.32 Å². The van der Waals surface area contributed by atoms with Crippen LogP contribution in [0.4, 0.5) is 0 Å². The Morgan fingerprint density at radius 2 is 2.00 bits per heavy atom. The Bertz CT molecular complexity index is 106. The van der Waals surface area contributed by atoms with Crippen LogP contribution in [-0.4, -0.2) is 24.6 Å². The highest BCUT2D eigenvalue weighted by Gasteiger charge is 2.04. The standard InChI is InChI=1S/C11H25NS/c1-5-6-7-11(3)12-8-10(2)9-13-4/h10-12H,5-9H2,1-4H3. The first-order valence-corrected chi connectivity index (χ1v) is 6.82. The van der Waals surface area contributed by atoms with E-state index in [1.807, 2.05) is 11.8 Å².